The highest BCUT2D eigenvalue weighted by atomic mass is 16.3. The van der Waals surface area contributed by atoms with Crippen LogP contribution in [0, 0.1) is 0 Å². The van der Waals surface area contributed by atoms with E-state index in [9.17, 15) is 0 Å². The molecule has 6 nitrogen and oxygen atoms in total. The van der Waals surface area contributed by atoms with E-state index in [4.69, 9.17) is 16.6 Å². The second-order valence-corrected chi connectivity index (χ2v) is 3.56. The Kier molecular flexibility index (Phi) is 2.74. The zero-order chi connectivity index (χ0) is 11.5. The lowest BCUT2D eigenvalue weighted by Gasteiger charge is -2.07. The third-order valence-corrected chi connectivity index (χ3v) is 2.26. The van der Waals surface area contributed by atoms with Gasteiger partial charge < -0.3 is 16.6 Å². The number of rotatable bonds is 3. The van der Waals surface area contributed by atoms with Gasteiger partial charge in [0.2, 0.25) is 5.95 Å². The van der Waals surface area contributed by atoms with Crippen molar-refractivity contribution in [1.29, 1.82) is 0 Å². The van der Waals surface area contributed by atoms with Gasteiger partial charge in [-0.1, -0.05) is 12.1 Å². The maximum atomic E-state index is 9.13. The van der Waals surface area contributed by atoms with E-state index in [0.717, 1.165) is 5.56 Å². The molecule has 2 aromatic rings. The molecule has 0 radical (unpaired) electrons. The number of hydrogen-bond donors (Lipinski definition) is 4. The number of aromatic hydroxyl groups is 1. The first-order valence-electron chi connectivity index (χ1n) is 4.86. The molecule has 6 heteroatoms. The molecule has 0 saturated carbocycles. The first-order chi connectivity index (χ1) is 7.65. The Balaban J connectivity index is 2.07. The second kappa shape index (κ2) is 4.19. The quantitative estimate of drug-likeness (QED) is 0.594. The molecule has 1 aromatic heterocycles. The summed E-state index contributed by atoms with van der Waals surface area (Å²) in [5.74, 6) is 0.989. The highest BCUT2D eigenvalue weighted by molar-refractivity contribution is 5.27. The van der Waals surface area contributed by atoms with Crippen LogP contribution in [-0.4, -0.2) is 20.3 Å². The van der Waals surface area contributed by atoms with Gasteiger partial charge in [0.25, 0.3) is 0 Å². The van der Waals surface area contributed by atoms with E-state index in [-0.39, 0.29) is 17.7 Å². The zero-order valence-corrected chi connectivity index (χ0v) is 8.59. The molecule has 0 aliphatic rings. The minimum Gasteiger partial charge on any atom is -0.508 e. The number of benzene rings is 1. The third-order valence-electron chi connectivity index (χ3n) is 2.26. The Bertz CT molecular complexity index is 464. The Morgan fingerprint density at radius 1 is 1.31 bits per heavy atom. The molecular weight excluding hydrogens is 206 g/mol. The lowest BCUT2D eigenvalue weighted by atomic mass is 10.1. The van der Waals surface area contributed by atoms with E-state index in [1.807, 2.05) is 12.1 Å². The summed E-state index contributed by atoms with van der Waals surface area (Å²) < 4.78 is 0. The van der Waals surface area contributed by atoms with Gasteiger partial charge in [-0.15, -0.1) is 5.10 Å². The predicted octanol–water partition coefficient (Wildman–Crippen LogP) is 0.335. The van der Waals surface area contributed by atoms with Crippen LogP contribution in [0.5, 0.6) is 5.75 Å². The maximum Gasteiger partial charge on any atom is 0.239 e. The number of phenolic OH excluding ortho intramolecular Hbond substituents is 1. The summed E-state index contributed by atoms with van der Waals surface area (Å²) in [6, 6.07) is 6.59. The molecular formula is C10H13N5O. The normalized spacial score (nSPS) is 12.6. The summed E-state index contributed by atoms with van der Waals surface area (Å²) >= 11 is 0. The number of nitrogens with zero attached hydrogens (tertiary/aromatic N) is 2. The van der Waals surface area contributed by atoms with E-state index in [0.29, 0.717) is 12.2 Å². The molecule has 2 rings (SSSR count). The number of nitrogen functional groups attached to an aromatic ring is 1. The smallest absolute Gasteiger partial charge is 0.239 e. The van der Waals surface area contributed by atoms with Crippen molar-refractivity contribution in [3.05, 3.63) is 35.7 Å². The van der Waals surface area contributed by atoms with Crippen molar-refractivity contribution in [3.63, 3.8) is 0 Å². The molecule has 0 amide bonds. The Labute approximate surface area is 92.3 Å². The Hall–Kier alpha value is -2.08. The number of aromatic nitrogens is 3. The molecule has 0 fully saturated rings. The first kappa shape index (κ1) is 10.4. The summed E-state index contributed by atoms with van der Waals surface area (Å²) in [5.41, 5.74) is 12.3. The molecule has 84 valence electrons. The predicted molar refractivity (Wildman–Crippen MR) is 59.5 cm³/mol. The molecule has 0 aliphatic heterocycles. The topological polar surface area (TPSA) is 114 Å². The van der Waals surface area contributed by atoms with Crippen LogP contribution in [0.25, 0.3) is 0 Å². The third kappa shape index (κ3) is 2.29. The van der Waals surface area contributed by atoms with Crippen molar-refractivity contribution in [2.24, 2.45) is 5.73 Å². The average Bonchev–Trinajstić information content (AvgIpc) is 2.68. The molecule has 0 saturated heterocycles. The van der Waals surface area contributed by atoms with Gasteiger partial charge in [-0.3, -0.25) is 5.10 Å². The summed E-state index contributed by atoms with van der Waals surface area (Å²) in [5, 5.41) is 15.5. The molecule has 0 spiro atoms. The van der Waals surface area contributed by atoms with Gasteiger partial charge in [0.15, 0.2) is 0 Å². The van der Waals surface area contributed by atoms with Crippen LogP contribution < -0.4 is 11.5 Å². The van der Waals surface area contributed by atoms with E-state index in [2.05, 4.69) is 15.2 Å². The van der Waals surface area contributed by atoms with E-state index >= 15 is 0 Å². The van der Waals surface area contributed by atoms with Crippen molar-refractivity contribution in [2.45, 2.75) is 12.5 Å². The Morgan fingerprint density at radius 3 is 2.56 bits per heavy atom. The van der Waals surface area contributed by atoms with Crippen LogP contribution >= 0.6 is 0 Å². The molecule has 16 heavy (non-hydrogen) atoms. The van der Waals surface area contributed by atoms with Gasteiger partial charge in [-0.05, 0) is 24.1 Å². The molecule has 1 heterocycles. The van der Waals surface area contributed by atoms with E-state index in [1.165, 1.54) is 0 Å². The molecule has 1 aromatic carbocycles. The summed E-state index contributed by atoms with van der Waals surface area (Å²) in [7, 11) is 0. The van der Waals surface area contributed by atoms with Crippen LogP contribution in [0.15, 0.2) is 24.3 Å². The SMILES string of the molecule is Nc1n[nH]c([C@H](N)Cc2ccc(O)cc2)n1. The van der Waals surface area contributed by atoms with Crippen molar-refractivity contribution in [1.82, 2.24) is 15.2 Å². The fraction of sp³-hybridized carbons (Fsp3) is 0.200. The molecule has 0 bridgehead atoms. The molecule has 0 unspecified atom stereocenters. The van der Waals surface area contributed by atoms with Crippen molar-refractivity contribution in [2.75, 3.05) is 5.73 Å². The minimum atomic E-state index is -0.283. The van der Waals surface area contributed by atoms with Crippen LogP contribution in [0.3, 0.4) is 0 Å². The minimum absolute atomic E-state index is 0.191. The number of nitrogens with one attached hydrogen (secondary N) is 1. The molecule has 1 atom stereocenters. The fourth-order valence-electron chi connectivity index (χ4n) is 1.44. The number of nitrogens with two attached hydrogens (primary N) is 2. The Morgan fingerprint density at radius 2 is 2.00 bits per heavy atom. The average molecular weight is 219 g/mol. The summed E-state index contributed by atoms with van der Waals surface area (Å²) in [4.78, 5) is 3.96. The van der Waals surface area contributed by atoms with Gasteiger partial charge >= 0.3 is 0 Å². The standard InChI is InChI=1S/C10H13N5O/c11-8(9-13-10(12)15-14-9)5-6-1-3-7(16)4-2-6/h1-4,8,16H,5,11H2,(H3,12,13,14,15)/t8-/m1/s1. The largest absolute Gasteiger partial charge is 0.508 e. The van der Waals surface area contributed by atoms with E-state index in [1.54, 1.807) is 12.1 Å². The van der Waals surface area contributed by atoms with Gasteiger partial charge in [0.05, 0.1) is 6.04 Å². The van der Waals surface area contributed by atoms with Crippen LogP contribution in [-0.2, 0) is 6.42 Å². The van der Waals surface area contributed by atoms with Gasteiger partial charge in [-0.25, -0.2) is 0 Å². The van der Waals surface area contributed by atoms with Crippen molar-refractivity contribution >= 4 is 5.95 Å². The van der Waals surface area contributed by atoms with E-state index < -0.39 is 0 Å². The van der Waals surface area contributed by atoms with Gasteiger partial charge in [0.1, 0.15) is 11.6 Å². The monoisotopic (exact) mass is 219 g/mol. The second-order valence-electron chi connectivity index (χ2n) is 3.56. The number of hydrogen-bond acceptors (Lipinski definition) is 5. The van der Waals surface area contributed by atoms with Crippen LogP contribution in [0.1, 0.15) is 17.4 Å². The zero-order valence-electron chi connectivity index (χ0n) is 8.59. The van der Waals surface area contributed by atoms with Crippen LogP contribution in [0.2, 0.25) is 0 Å². The van der Waals surface area contributed by atoms with Crippen molar-refractivity contribution in [3.8, 4) is 5.75 Å². The first-order valence-corrected chi connectivity index (χ1v) is 4.86. The van der Waals surface area contributed by atoms with Gasteiger partial charge in [-0.2, -0.15) is 4.98 Å². The molecule has 6 N–H and O–H groups in total. The van der Waals surface area contributed by atoms with Crippen LogP contribution in [0.4, 0.5) is 5.95 Å². The number of phenols is 1. The number of aromatic amines is 1. The number of H-pyrrole nitrogens is 1. The van der Waals surface area contributed by atoms with Gasteiger partial charge in [0, 0.05) is 0 Å². The summed E-state index contributed by atoms with van der Waals surface area (Å²) in [6.07, 6.45) is 0.606. The molecule has 0 aliphatic carbocycles. The lowest BCUT2D eigenvalue weighted by Crippen LogP contribution is -2.15. The highest BCUT2D eigenvalue weighted by Gasteiger charge is 2.11. The number of anilines is 1. The van der Waals surface area contributed by atoms with Crippen molar-refractivity contribution < 1.29 is 5.11 Å². The maximum absolute atomic E-state index is 9.13. The lowest BCUT2D eigenvalue weighted by molar-refractivity contribution is 0.475. The summed E-state index contributed by atoms with van der Waals surface area (Å²) in [6.45, 7) is 0. The fourth-order valence-corrected chi connectivity index (χ4v) is 1.44. The highest BCUT2D eigenvalue weighted by Crippen LogP contribution is 2.15.